The van der Waals surface area contributed by atoms with E-state index >= 15 is 0 Å². The van der Waals surface area contributed by atoms with Gasteiger partial charge in [0.2, 0.25) is 5.91 Å². The molecular weight excluding hydrogens is 380 g/mol. The number of ether oxygens (including phenoxy) is 1. The zero-order valence-corrected chi connectivity index (χ0v) is 16.7. The number of likely N-dealkylation sites (tertiary alicyclic amines) is 1. The minimum absolute atomic E-state index is 0.0135. The molecular formula is C23H24N4O3. The second-order valence-electron chi connectivity index (χ2n) is 7.25. The molecule has 0 bridgehead atoms. The highest BCUT2D eigenvalue weighted by atomic mass is 16.5. The molecule has 1 aliphatic rings. The molecule has 1 N–H and O–H groups in total. The van der Waals surface area contributed by atoms with Crippen LogP contribution in [0.25, 0.3) is 10.9 Å². The van der Waals surface area contributed by atoms with Gasteiger partial charge in [0.1, 0.15) is 23.6 Å². The topological polar surface area (TPSA) is 84.4 Å². The Balaban J connectivity index is 1.21. The summed E-state index contributed by atoms with van der Waals surface area (Å²) in [6.45, 7) is 1.92. The molecule has 0 radical (unpaired) electrons. The lowest BCUT2D eigenvalue weighted by Crippen LogP contribution is -2.43. The molecule has 3 heterocycles. The summed E-state index contributed by atoms with van der Waals surface area (Å²) in [5, 5.41) is 3.97. The van der Waals surface area contributed by atoms with Gasteiger partial charge in [-0.25, -0.2) is 0 Å². The number of carbonyl (C=O) groups excluding carboxylic acids is 2. The first kappa shape index (κ1) is 19.8. The number of nitrogens with zero attached hydrogens (tertiary/aromatic N) is 3. The third-order valence-electron chi connectivity index (χ3n) is 5.29. The quantitative estimate of drug-likeness (QED) is 0.639. The highest BCUT2D eigenvalue weighted by Crippen LogP contribution is 2.23. The molecule has 154 valence electrons. The Kier molecular flexibility index (Phi) is 6.17. The molecule has 0 spiro atoms. The molecule has 30 heavy (non-hydrogen) atoms. The van der Waals surface area contributed by atoms with Crippen LogP contribution in [0.5, 0.6) is 5.75 Å². The minimum atomic E-state index is -0.0861. The Bertz CT molecular complexity index is 1010. The molecule has 2 aromatic heterocycles. The molecule has 1 saturated heterocycles. The smallest absolute Gasteiger partial charge is 0.272 e. The predicted molar refractivity (Wildman–Crippen MR) is 113 cm³/mol. The number of para-hydroxylation sites is 1. The molecule has 4 rings (SSSR count). The number of rotatable bonds is 6. The molecule has 3 aromatic rings. The van der Waals surface area contributed by atoms with Crippen molar-refractivity contribution < 1.29 is 14.3 Å². The Morgan fingerprint density at radius 2 is 1.80 bits per heavy atom. The van der Waals surface area contributed by atoms with Crippen molar-refractivity contribution in [1.82, 2.24) is 20.2 Å². The molecule has 0 saturated carbocycles. The van der Waals surface area contributed by atoms with Gasteiger partial charge >= 0.3 is 0 Å². The molecule has 2 amide bonds. The summed E-state index contributed by atoms with van der Waals surface area (Å²) in [5.74, 6) is 0.562. The normalized spacial score (nSPS) is 14.5. The van der Waals surface area contributed by atoms with Crippen molar-refractivity contribution in [3.8, 4) is 5.75 Å². The number of amides is 2. The van der Waals surface area contributed by atoms with Crippen LogP contribution in [-0.4, -0.2) is 52.9 Å². The van der Waals surface area contributed by atoms with Gasteiger partial charge in [-0.3, -0.25) is 19.6 Å². The summed E-state index contributed by atoms with van der Waals surface area (Å²) < 4.78 is 5.82. The monoisotopic (exact) mass is 404 g/mol. The lowest BCUT2D eigenvalue weighted by Gasteiger charge is -2.31. The van der Waals surface area contributed by atoms with Crippen molar-refractivity contribution in [2.45, 2.75) is 12.8 Å². The first-order valence-electron chi connectivity index (χ1n) is 10.2. The Morgan fingerprint density at radius 3 is 2.60 bits per heavy atom. The van der Waals surface area contributed by atoms with Gasteiger partial charge < -0.3 is 15.0 Å². The van der Waals surface area contributed by atoms with E-state index in [0.29, 0.717) is 50.5 Å². The van der Waals surface area contributed by atoms with E-state index in [1.54, 1.807) is 35.5 Å². The van der Waals surface area contributed by atoms with Crippen LogP contribution in [0, 0.1) is 5.92 Å². The SMILES string of the molecule is O=C(NCCOc1cccc2cccnc12)C1CCN(C(=O)c2ccccn2)CC1. The van der Waals surface area contributed by atoms with Crippen LogP contribution >= 0.6 is 0 Å². The van der Waals surface area contributed by atoms with Gasteiger partial charge in [0.25, 0.3) is 5.91 Å². The van der Waals surface area contributed by atoms with Gasteiger partial charge in [-0.1, -0.05) is 24.3 Å². The Hall–Kier alpha value is -3.48. The van der Waals surface area contributed by atoms with E-state index in [-0.39, 0.29) is 17.7 Å². The molecule has 0 atom stereocenters. The number of hydrogen-bond donors (Lipinski definition) is 1. The van der Waals surface area contributed by atoms with Gasteiger partial charge in [0.15, 0.2) is 0 Å². The molecule has 7 heteroatoms. The van der Waals surface area contributed by atoms with Crippen LogP contribution < -0.4 is 10.1 Å². The highest BCUT2D eigenvalue weighted by Gasteiger charge is 2.28. The summed E-state index contributed by atoms with van der Waals surface area (Å²) in [5.41, 5.74) is 1.26. The van der Waals surface area contributed by atoms with Crippen molar-refractivity contribution in [2.75, 3.05) is 26.2 Å². The predicted octanol–water partition coefficient (Wildman–Crippen LogP) is 2.68. The average Bonchev–Trinajstić information content (AvgIpc) is 2.82. The maximum absolute atomic E-state index is 12.5. The largest absolute Gasteiger partial charge is 0.489 e. The molecule has 7 nitrogen and oxygen atoms in total. The van der Waals surface area contributed by atoms with Gasteiger partial charge in [-0.15, -0.1) is 0 Å². The lowest BCUT2D eigenvalue weighted by atomic mass is 9.95. The van der Waals surface area contributed by atoms with Crippen LogP contribution in [0.15, 0.2) is 60.9 Å². The van der Waals surface area contributed by atoms with Crippen molar-refractivity contribution in [1.29, 1.82) is 0 Å². The third kappa shape index (κ3) is 4.56. The summed E-state index contributed by atoms with van der Waals surface area (Å²) in [4.78, 5) is 35.2. The molecule has 0 aliphatic carbocycles. The number of nitrogens with one attached hydrogen (secondary N) is 1. The fraction of sp³-hybridized carbons (Fsp3) is 0.304. The Morgan fingerprint density at radius 1 is 1.00 bits per heavy atom. The van der Waals surface area contributed by atoms with E-state index in [0.717, 1.165) is 10.9 Å². The van der Waals surface area contributed by atoms with Crippen molar-refractivity contribution >= 4 is 22.7 Å². The highest BCUT2D eigenvalue weighted by molar-refractivity contribution is 5.92. The Labute approximate surface area is 175 Å². The first-order chi connectivity index (χ1) is 14.7. The number of pyridine rings is 2. The standard InChI is InChI=1S/C23H24N4O3/c28-22(18-9-14-27(15-10-18)23(29)19-7-1-2-11-24-19)26-13-16-30-20-8-3-5-17-6-4-12-25-21(17)20/h1-8,11-12,18H,9-10,13-16H2,(H,26,28). The van der Waals surface area contributed by atoms with Crippen LogP contribution in [0.4, 0.5) is 0 Å². The van der Waals surface area contributed by atoms with Crippen LogP contribution in [0.1, 0.15) is 23.3 Å². The number of piperidine rings is 1. The second-order valence-corrected chi connectivity index (χ2v) is 7.25. The number of fused-ring (bicyclic) bond motifs is 1. The van der Waals surface area contributed by atoms with E-state index in [9.17, 15) is 9.59 Å². The van der Waals surface area contributed by atoms with Gasteiger partial charge in [0, 0.05) is 36.8 Å². The lowest BCUT2D eigenvalue weighted by molar-refractivity contribution is -0.126. The van der Waals surface area contributed by atoms with Crippen LogP contribution in [0.2, 0.25) is 0 Å². The molecule has 1 aliphatic heterocycles. The maximum Gasteiger partial charge on any atom is 0.272 e. The third-order valence-corrected chi connectivity index (χ3v) is 5.29. The van der Waals surface area contributed by atoms with E-state index in [1.807, 2.05) is 30.3 Å². The van der Waals surface area contributed by atoms with Gasteiger partial charge in [-0.2, -0.15) is 0 Å². The molecule has 1 aromatic carbocycles. The first-order valence-corrected chi connectivity index (χ1v) is 10.2. The summed E-state index contributed by atoms with van der Waals surface area (Å²) >= 11 is 0. The van der Waals surface area contributed by atoms with E-state index in [1.165, 1.54) is 0 Å². The van der Waals surface area contributed by atoms with Gasteiger partial charge in [-0.05, 0) is 37.1 Å². The van der Waals surface area contributed by atoms with Gasteiger partial charge in [0.05, 0.1) is 6.54 Å². The van der Waals surface area contributed by atoms with Crippen molar-refractivity contribution in [2.24, 2.45) is 5.92 Å². The number of benzene rings is 1. The number of aromatic nitrogens is 2. The number of carbonyl (C=O) groups is 2. The summed E-state index contributed by atoms with van der Waals surface area (Å²) in [6, 6.07) is 15.0. The minimum Gasteiger partial charge on any atom is -0.489 e. The van der Waals surface area contributed by atoms with E-state index < -0.39 is 0 Å². The van der Waals surface area contributed by atoms with E-state index in [2.05, 4.69) is 15.3 Å². The zero-order chi connectivity index (χ0) is 20.8. The van der Waals surface area contributed by atoms with Crippen LogP contribution in [-0.2, 0) is 4.79 Å². The molecule has 0 unspecified atom stereocenters. The second kappa shape index (κ2) is 9.35. The van der Waals surface area contributed by atoms with Crippen molar-refractivity contribution in [3.63, 3.8) is 0 Å². The zero-order valence-electron chi connectivity index (χ0n) is 16.7. The fourth-order valence-electron chi connectivity index (χ4n) is 3.67. The summed E-state index contributed by atoms with van der Waals surface area (Å²) in [7, 11) is 0. The maximum atomic E-state index is 12.5. The average molecular weight is 404 g/mol. The van der Waals surface area contributed by atoms with Crippen LogP contribution in [0.3, 0.4) is 0 Å². The van der Waals surface area contributed by atoms with Crippen molar-refractivity contribution in [3.05, 3.63) is 66.6 Å². The fourth-order valence-corrected chi connectivity index (χ4v) is 3.67. The summed E-state index contributed by atoms with van der Waals surface area (Å²) in [6.07, 6.45) is 4.66. The number of hydrogen-bond acceptors (Lipinski definition) is 5. The molecule has 1 fully saturated rings. The van der Waals surface area contributed by atoms with E-state index in [4.69, 9.17) is 4.74 Å².